The van der Waals surface area contributed by atoms with E-state index in [9.17, 15) is 0 Å². The van der Waals surface area contributed by atoms with E-state index in [1.165, 1.54) is 5.69 Å². The van der Waals surface area contributed by atoms with Crippen molar-refractivity contribution in [2.45, 2.75) is 26.9 Å². The second kappa shape index (κ2) is 6.86. The van der Waals surface area contributed by atoms with E-state index in [1.54, 1.807) is 0 Å². The number of aromatic nitrogens is 1. The van der Waals surface area contributed by atoms with Gasteiger partial charge in [-0.3, -0.25) is 4.98 Å². The minimum atomic E-state index is 0.522. The number of anilines is 1. The highest BCUT2D eigenvalue weighted by atomic mass is 79.9. The Hall–Kier alpha value is -1.39. The van der Waals surface area contributed by atoms with Gasteiger partial charge in [-0.05, 0) is 38.1 Å². The number of pyridine rings is 1. The summed E-state index contributed by atoms with van der Waals surface area (Å²) < 4.78 is 1.06. The zero-order valence-electron chi connectivity index (χ0n) is 11.9. The van der Waals surface area contributed by atoms with E-state index in [1.807, 2.05) is 25.1 Å². The maximum Gasteiger partial charge on any atom is 0.0602 e. The van der Waals surface area contributed by atoms with Crippen LogP contribution in [0.4, 0.5) is 5.69 Å². The van der Waals surface area contributed by atoms with E-state index in [4.69, 9.17) is 5.73 Å². The van der Waals surface area contributed by atoms with Crippen LogP contribution in [-0.4, -0.2) is 11.5 Å². The predicted molar refractivity (Wildman–Crippen MR) is 87.7 cm³/mol. The normalized spacial score (nSPS) is 10.6. The molecule has 1 aromatic heterocycles. The van der Waals surface area contributed by atoms with Gasteiger partial charge in [0.15, 0.2) is 0 Å². The van der Waals surface area contributed by atoms with Crippen LogP contribution < -0.4 is 10.6 Å². The lowest BCUT2D eigenvalue weighted by molar-refractivity contribution is 0.797. The third-order valence-electron chi connectivity index (χ3n) is 3.32. The number of hydrogen-bond donors (Lipinski definition) is 1. The molecule has 3 nitrogen and oxygen atoms in total. The molecule has 0 bridgehead atoms. The van der Waals surface area contributed by atoms with Crippen molar-refractivity contribution in [2.75, 3.05) is 11.4 Å². The molecule has 0 spiro atoms. The van der Waals surface area contributed by atoms with E-state index >= 15 is 0 Å². The quantitative estimate of drug-likeness (QED) is 0.908. The van der Waals surface area contributed by atoms with Crippen LogP contribution in [0.2, 0.25) is 0 Å². The summed E-state index contributed by atoms with van der Waals surface area (Å²) in [6.07, 6.45) is 0. The zero-order valence-corrected chi connectivity index (χ0v) is 13.5. The summed E-state index contributed by atoms with van der Waals surface area (Å²) in [5.41, 5.74) is 10.3. The minimum Gasteiger partial charge on any atom is -0.366 e. The summed E-state index contributed by atoms with van der Waals surface area (Å²) in [6, 6.07) is 12.3. The van der Waals surface area contributed by atoms with Gasteiger partial charge in [-0.2, -0.15) is 0 Å². The molecule has 0 aliphatic rings. The average molecular weight is 334 g/mol. The Labute approximate surface area is 129 Å². The monoisotopic (exact) mass is 333 g/mol. The van der Waals surface area contributed by atoms with Crippen molar-refractivity contribution < 1.29 is 0 Å². The van der Waals surface area contributed by atoms with Crippen LogP contribution in [0.3, 0.4) is 0 Å². The second-order valence-electron chi connectivity index (χ2n) is 4.73. The highest BCUT2D eigenvalue weighted by molar-refractivity contribution is 9.10. The highest BCUT2D eigenvalue weighted by Gasteiger charge is 2.12. The first-order valence-corrected chi connectivity index (χ1v) is 7.60. The zero-order chi connectivity index (χ0) is 14.5. The van der Waals surface area contributed by atoms with E-state index in [0.717, 1.165) is 34.5 Å². The SMILES string of the molecule is CCN(Cc1cccc(C)n1)c1cccc(Br)c1CN. The van der Waals surface area contributed by atoms with Crippen LogP contribution in [0.5, 0.6) is 0 Å². The minimum absolute atomic E-state index is 0.522. The lowest BCUT2D eigenvalue weighted by atomic mass is 10.1. The standard InChI is InChI=1S/C16H20BrN3/c1-3-20(11-13-7-4-6-12(2)19-13)16-9-5-8-15(17)14(16)10-18/h4-9H,3,10-11,18H2,1-2H3. The van der Waals surface area contributed by atoms with Gasteiger partial charge in [0, 0.05) is 34.5 Å². The van der Waals surface area contributed by atoms with Gasteiger partial charge in [0.25, 0.3) is 0 Å². The Morgan fingerprint density at radius 1 is 1.20 bits per heavy atom. The molecule has 0 fully saturated rings. The molecule has 1 heterocycles. The van der Waals surface area contributed by atoms with Gasteiger partial charge in [0.2, 0.25) is 0 Å². The van der Waals surface area contributed by atoms with E-state index < -0.39 is 0 Å². The highest BCUT2D eigenvalue weighted by Crippen LogP contribution is 2.28. The van der Waals surface area contributed by atoms with Gasteiger partial charge >= 0.3 is 0 Å². The van der Waals surface area contributed by atoms with E-state index in [2.05, 4.69) is 50.9 Å². The lowest BCUT2D eigenvalue weighted by Gasteiger charge is -2.26. The molecule has 0 saturated carbocycles. The lowest BCUT2D eigenvalue weighted by Crippen LogP contribution is -2.24. The molecule has 0 amide bonds. The van der Waals surface area contributed by atoms with Crippen LogP contribution in [0.15, 0.2) is 40.9 Å². The van der Waals surface area contributed by atoms with Crippen LogP contribution in [-0.2, 0) is 13.1 Å². The smallest absolute Gasteiger partial charge is 0.0602 e. The van der Waals surface area contributed by atoms with Crippen molar-refractivity contribution >= 4 is 21.6 Å². The fraction of sp³-hybridized carbons (Fsp3) is 0.312. The molecule has 0 atom stereocenters. The number of halogens is 1. The Morgan fingerprint density at radius 2 is 1.95 bits per heavy atom. The maximum atomic E-state index is 5.89. The van der Waals surface area contributed by atoms with E-state index in [-0.39, 0.29) is 0 Å². The summed E-state index contributed by atoms with van der Waals surface area (Å²) in [4.78, 5) is 6.88. The fourth-order valence-corrected chi connectivity index (χ4v) is 2.81. The molecule has 2 rings (SSSR count). The number of nitrogens with two attached hydrogens (primary N) is 1. The second-order valence-corrected chi connectivity index (χ2v) is 5.58. The van der Waals surface area contributed by atoms with Gasteiger partial charge in [0.05, 0.1) is 12.2 Å². The van der Waals surface area contributed by atoms with Crippen molar-refractivity contribution in [3.05, 3.63) is 57.8 Å². The number of rotatable bonds is 5. The Morgan fingerprint density at radius 3 is 2.60 bits per heavy atom. The van der Waals surface area contributed by atoms with Gasteiger partial charge in [-0.25, -0.2) is 0 Å². The Kier molecular flexibility index (Phi) is 5.15. The molecule has 106 valence electrons. The molecule has 0 aliphatic heterocycles. The summed E-state index contributed by atoms with van der Waals surface area (Å²) in [5, 5.41) is 0. The first kappa shape index (κ1) is 15.0. The summed E-state index contributed by atoms with van der Waals surface area (Å²) in [5.74, 6) is 0. The largest absolute Gasteiger partial charge is 0.366 e. The summed E-state index contributed by atoms with van der Waals surface area (Å²) in [6.45, 7) is 6.40. The molecular formula is C16H20BrN3. The molecule has 1 aromatic carbocycles. The molecule has 4 heteroatoms. The number of aryl methyl sites for hydroxylation is 1. The fourth-order valence-electron chi connectivity index (χ4n) is 2.30. The molecule has 2 N–H and O–H groups in total. The average Bonchev–Trinajstić information content (AvgIpc) is 2.44. The van der Waals surface area contributed by atoms with Crippen LogP contribution in [0, 0.1) is 6.92 Å². The van der Waals surface area contributed by atoms with Gasteiger partial charge < -0.3 is 10.6 Å². The van der Waals surface area contributed by atoms with Crippen molar-refractivity contribution in [3.8, 4) is 0 Å². The maximum absolute atomic E-state index is 5.89. The number of benzene rings is 1. The molecule has 2 aromatic rings. The molecule has 0 unspecified atom stereocenters. The molecule has 0 aliphatic carbocycles. The van der Waals surface area contributed by atoms with Crippen molar-refractivity contribution in [2.24, 2.45) is 5.73 Å². The molecule has 0 saturated heterocycles. The molecule has 20 heavy (non-hydrogen) atoms. The third-order valence-corrected chi connectivity index (χ3v) is 4.06. The van der Waals surface area contributed by atoms with Gasteiger partial charge in [-0.15, -0.1) is 0 Å². The topological polar surface area (TPSA) is 42.2 Å². The van der Waals surface area contributed by atoms with Crippen LogP contribution in [0.25, 0.3) is 0 Å². The van der Waals surface area contributed by atoms with Gasteiger partial charge in [0.1, 0.15) is 0 Å². The van der Waals surface area contributed by atoms with Gasteiger partial charge in [-0.1, -0.05) is 28.1 Å². The third kappa shape index (κ3) is 3.38. The Balaban J connectivity index is 2.31. The summed E-state index contributed by atoms with van der Waals surface area (Å²) in [7, 11) is 0. The Bertz CT molecular complexity index is 584. The van der Waals surface area contributed by atoms with Crippen LogP contribution >= 0.6 is 15.9 Å². The van der Waals surface area contributed by atoms with Crippen LogP contribution in [0.1, 0.15) is 23.9 Å². The summed E-state index contributed by atoms with van der Waals surface area (Å²) >= 11 is 3.58. The van der Waals surface area contributed by atoms with E-state index in [0.29, 0.717) is 6.54 Å². The predicted octanol–water partition coefficient (Wildman–Crippen LogP) is 3.64. The number of nitrogens with zero attached hydrogens (tertiary/aromatic N) is 2. The molecular weight excluding hydrogens is 314 g/mol. The van der Waals surface area contributed by atoms with Crippen molar-refractivity contribution in [1.82, 2.24) is 4.98 Å². The molecule has 0 radical (unpaired) electrons. The van der Waals surface area contributed by atoms with Crippen molar-refractivity contribution in [3.63, 3.8) is 0 Å². The van der Waals surface area contributed by atoms with Crippen molar-refractivity contribution in [1.29, 1.82) is 0 Å². The first-order chi connectivity index (χ1) is 9.65. The number of hydrogen-bond acceptors (Lipinski definition) is 3. The first-order valence-electron chi connectivity index (χ1n) is 6.80.